The molecule has 1 aromatic rings. The van der Waals surface area contributed by atoms with Crippen molar-refractivity contribution in [3.8, 4) is 0 Å². The number of benzene rings is 1. The molecule has 1 aliphatic carbocycles. The average molecular weight is 297 g/mol. The lowest BCUT2D eigenvalue weighted by Crippen LogP contribution is -2.50. The summed E-state index contributed by atoms with van der Waals surface area (Å²) in [5.74, 6) is -1.15. The molecule has 0 radical (unpaired) electrons. The van der Waals surface area contributed by atoms with Gasteiger partial charge in [0.1, 0.15) is 0 Å². The van der Waals surface area contributed by atoms with E-state index in [1.54, 1.807) is 6.07 Å². The minimum atomic E-state index is -0.833. The van der Waals surface area contributed by atoms with Crippen LogP contribution in [0.25, 0.3) is 0 Å². The molecule has 1 heterocycles. The molecule has 2 N–H and O–H groups in total. The van der Waals surface area contributed by atoms with Gasteiger partial charge in [0.2, 0.25) is 0 Å². The van der Waals surface area contributed by atoms with Gasteiger partial charge in [0, 0.05) is 42.8 Å². The molecule has 3 nitrogen and oxygen atoms in total. The van der Waals surface area contributed by atoms with Gasteiger partial charge in [-0.05, 0) is 37.8 Å². The van der Waals surface area contributed by atoms with Crippen molar-refractivity contribution in [3.05, 3.63) is 29.8 Å². The monoisotopic (exact) mass is 297 g/mol. The molecular weight excluding hydrogens is 276 g/mol. The molecule has 1 saturated carbocycles. The minimum absolute atomic E-state index is 0.0697. The topological polar surface area (TPSA) is 41.5 Å². The van der Waals surface area contributed by atoms with E-state index in [-0.39, 0.29) is 24.7 Å². The van der Waals surface area contributed by atoms with Crippen molar-refractivity contribution in [2.75, 3.05) is 18.5 Å². The largest absolute Gasteiger partial charge is 0.396 e. The lowest BCUT2D eigenvalue weighted by Gasteiger charge is -2.45. The molecule has 0 amide bonds. The van der Waals surface area contributed by atoms with Crippen LogP contribution in [-0.2, 0) is 4.74 Å². The van der Waals surface area contributed by atoms with Crippen molar-refractivity contribution in [2.24, 2.45) is 11.8 Å². The molecule has 4 atom stereocenters. The standard InChI is InChI=1S/C16H21F2NO2/c17-13-5-4-11(8-14(13)18)19-15-6-3-10(9-20)16-12(15)2-1-7-21-16/h4-5,8,10,12,15-16,19-20H,1-3,6-7,9H2. The molecule has 3 rings (SSSR count). The van der Waals surface area contributed by atoms with Crippen LogP contribution in [0.5, 0.6) is 0 Å². The van der Waals surface area contributed by atoms with Crippen LogP contribution in [0.3, 0.4) is 0 Å². The van der Waals surface area contributed by atoms with Crippen molar-refractivity contribution >= 4 is 5.69 Å². The number of nitrogens with one attached hydrogen (secondary N) is 1. The number of aliphatic hydroxyl groups is 1. The van der Waals surface area contributed by atoms with E-state index in [4.69, 9.17) is 4.74 Å². The van der Waals surface area contributed by atoms with Crippen LogP contribution in [0, 0.1) is 23.5 Å². The van der Waals surface area contributed by atoms with Gasteiger partial charge < -0.3 is 15.2 Å². The highest BCUT2D eigenvalue weighted by atomic mass is 19.2. The number of fused-ring (bicyclic) bond motifs is 1. The Labute approximate surface area is 123 Å². The molecule has 0 spiro atoms. The van der Waals surface area contributed by atoms with Crippen LogP contribution >= 0.6 is 0 Å². The van der Waals surface area contributed by atoms with Crippen LogP contribution in [0.1, 0.15) is 25.7 Å². The predicted molar refractivity (Wildman–Crippen MR) is 76.0 cm³/mol. The van der Waals surface area contributed by atoms with Gasteiger partial charge in [-0.1, -0.05) is 0 Å². The predicted octanol–water partition coefficient (Wildman–Crippen LogP) is 2.94. The maximum atomic E-state index is 13.3. The van der Waals surface area contributed by atoms with E-state index in [1.807, 2.05) is 0 Å². The Morgan fingerprint density at radius 1 is 1.19 bits per heavy atom. The molecule has 1 saturated heterocycles. The first-order chi connectivity index (χ1) is 10.2. The Kier molecular flexibility index (Phi) is 4.40. The third-order valence-corrected chi connectivity index (χ3v) is 4.75. The number of halogens is 2. The fraction of sp³-hybridized carbons (Fsp3) is 0.625. The summed E-state index contributed by atoms with van der Waals surface area (Å²) in [6, 6.07) is 4.09. The normalized spacial score (nSPS) is 32.5. The second kappa shape index (κ2) is 6.28. The molecule has 21 heavy (non-hydrogen) atoms. The highest BCUT2D eigenvalue weighted by molar-refractivity contribution is 5.44. The highest BCUT2D eigenvalue weighted by Gasteiger charge is 2.41. The summed E-state index contributed by atoms with van der Waals surface area (Å²) < 4.78 is 32.2. The Hall–Kier alpha value is -1.20. The Balaban J connectivity index is 1.73. The number of aliphatic hydroxyl groups excluding tert-OH is 1. The van der Waals surface area contributed by atoms with Gasteiger partial charge in [-0.2, -0.15) is 0 Å². The molecule has 1 aromatic carbocycles. The summed E-state index contributed by atoms with van der Waals surface area (Å²) in [5.41, 5.74) is 0.602. The summed E-state index contributed by atoms with van der Waals surface area (Å²) in [4.78, 5) is 0. The SMILES string of the molecule is OCC1CCC(Nc2ccc(F)c(F)c2)C2CCCOC12. The fourth-order valence-corrected chi connectivity index (χ4v) is 3.69. The van der Waals surface area contributed by atoms with E-state index in [1.165, 1.54) is 6.07 Å². The maximum Gasteiger partial charge on any atom is 0.160 e. The third kappa shape index (κ3) is 3.04. The van der Waals surface area contributed by atoms with Crippen molar-refractivity contribution in [1.29, 1.82) is 0 Å². The van der Waals surface area contributed by atoms with Gasteiger partial charge >= 0.3 is 0 Å². The molecule has 0 bridgehead atoms. The highest BCUT2D eigenvalue weighted by Crippen LogP contribution is 2.38. The Bertz CT molecular complexity index is 497. The fourth-order valence-electron chi connectivity index (χ4n) is 3.69. The maximum absolute atomic E-state index is 13.3. The number of anilines is 1. The van der Waals surface area contributed by atoms with E-state index in [9.17, 15) is 13.9 Å². The zero-order valence-corrected chi connectivity index (χ0v) is 11.9. The molecule has 2 aliphatic rings. The zero-order valence-electron chi connectivity index (χ0n) is 11.9. The van der Waals surface area contributed by atoms with Crippen molar-refractivity contribution in [2.45, 2.75) is 37.8 Å². The molecule has 1 aliphatic heterocycles. The third-order valence-electron chi connectivity index (χ3n) is 4.75. The van der Waals surface area contributed by atoms with Crippen LogP contribution in [0.2, 0.25) is 0 Å². The molecule has 5 heteroatoms. The summed E-state index contributed by atoms with van der Waals surface area (Å²) in [6.45, 7) is 0.897. The molecule has 0 aromatic heterocycles. The van der Waals surface area contributed by atoms with Crippen LogP contribution < -0.4 is 5.32 Å². The van der Waals surface area contributed by atoms with Crippen molar-refractivity contribution in [3.63, 3.8) is 0 Å². The number of rotatable bonds is 3. The van der Waals surface area contributed by atoms with Crippen molar-refractivity contribution < 1.29 is 18.6 Å². The van der Waals surface area contributed by atoms with E-state index in [0.29, 0.717) is 11.6 Å². The Morgan fingerprint density at radius 2 is 2.05 bits per heavy atom. The van der Waals surface area contributed by atoms with E-state index >= 15 is 0 Å². The molecule has 4 unspecified atom stereocenters. The van der Waals surface area contributed by atoms with Gasteiger partial charge in [-0.15, -0.1) is 0 Å². The second-order valence-electron chi connectivity index (χ2n) is 6.04. The molecule has 2 fully saturated rings. The molecule has 116 valence electrons. The quantitative estimate of drug-likeness (QED) is 0.901. The second-order valence-corrected chi connectivity index (χ2v) is 6.04. The van der Waals surface area contributed by atoms with Gasteiger partial charge in [0.05, 0.1) is 6.10 Å². The van der Waals surface area contributed by atoms with Gasteiger partial charge in [0.25, 0.3) is 0 Å². The average Bonchev–Trinajstić information content (AvgIpc) is 2.51. The van der Waals surface area contributed by atoms with Crippen LogP contribution in [0.4, 0.5) is 14.5 Å². The first kappa shape index (κ1) is 14.7. The van der Waals surface area contributed by atoms with E-state index in [0.717, 1.165) is 38.4 Å². The Morgan fingerprint density at radius 3 is 2.81 bits per heavy atom. The van der Waals surface area contributed by atoms with Crippen LogP contribution in [-0.4, -0.2) is 30.5 Å². The minimum Gasteiger partial charge on any atom is -0.396 e. The summed E-state index contributed by atoms with van der Waals surface area (Å²) in [7, 11) is 0. The van der Waals surface area contributed by atoms with Crippen LogP contribution in [0.15, 0.2) is 18.2 Å². The first-order valence-corrected chi connectivity index (χ1v) is 7.63. The lowest BCUT2D eigenvalue weighted by molar-refractivity contribution is -0.0953. The number of hydrogen-bond donors (Lipinski definition) is 2. The van der Waals surface area contributed by atoms with Gasteiger partial charge in [-0.3, -0.25) is 0 Å². The zero-order chi connectivity index (χ0) is 14.8. The van der Waals surface area contributed by atoms with E-state index < -0.39 is 11.6 Å². The number of hydrogen-bond acceptors (Lipinski definition) is 3. The van der Waals surface area contributed by atoms with Gasteiger partial charge in [-0.25, -0.2) is 8.78 Å². The molecular formula is C16H21F2NO2. The smallest absolute Gasteiger partial charge is 0.160 e. The lowest BCUT2D eigenvalue weighted by atomic mass is 9.72. The summed E-state index contributed by atoms with van der Waals surface area (Å²) >= 11 is 0. The van der Waals surface area contributed by atoms with Crippen molar-refractivity contribution in [1.82, 2.24) is 0 Å². The van der Waals surface area contributed by atoms with Gasteiger partial charge in [0.15, 0.2) is 11.6 Å². The summed E-state index contributed by atoms with van der Waals surface area (Å²) in [6.07, 6.45) is 3.92. The first-order valence-electron chi connectivity index (χ1n) is 7.63. The van der Waals surface area contributed by atoms with E-state index in [2.05, 4.69) is 5.32 Å². The number of ether oxygens (including phenoxy) is 1. The summed E-state index contributed by atoms with van der Waals surface area (Å²) in [5, 5.41) is 12.8.